The van der Waals surface area contributed by atoms with Gasteiger partial charge in [-0.25, -0.2) is 4.98 Å². The smallest absolute Gasteiger partial charge is 0.292 e. The van der Waals surface area contributed by atoms with Gasteiger partial charge in [0.05, 0.1) is 22.2 Å². The Balaban J connectivity index is 2.23. The molecule has 0 aliphatic carbocycles. The minimum Gasteiger partial charge on any atom is -0.393 e. The SMILES string of the molecule is Cn1c(-c2ccc(N)c([N+](=O)[O-])c2)nc2ccncc21. The number of benzene rings is 1. The number of pyridine rings is 1. The summed E-state index contributed by atoms with van der Waals surface area (Å²) in [5.41, 5.74) is 7.92. The quantitative estimate of drug-likeness (QED) is 0.436. The van der Waals surface area contributed by atoms with Gasteiger partial charge in [0.2, 0.25) is 0 Å². The molecule has 0 saturated heterocycles. The van der Waals surface area contributed by atoms with Crippen LogP contribution in [0.5, 0.6) is 0 Å². The summed E-state index contributed by atoms with van der Waals surface area (Å²) in [5, 5.41) is 11.0. The van der Waals surface area contributed by atoms with E-state index in [0.717, 1.165) is 11.0 Å². The van der Waals surface area contributed by atoms with E-state index >= 15 is 0 Å². The average molecular weight is 269 g/mol. The molecule has 0 spiro atoms. The van der Waals surface area contributed by atoms with Crippen LogP contribution < -0.4 is 5.73 Å². The van der Waals surface area contributed by atoms with E-state index < -0.39 is 4.92 Å². The van der Waals surface area contributed by atoms with Crippen LogP contribution in [-0.2, 0) is 7.05 Å². The van der Waals surface area contributed by atoms with Crippen molar-refractivity contribution in [3.05, 3.63) is 46.8 Å². The van der Waals surface area contributed by atoms with Gasteiger partial charge in [0.15, 0.2) is 0 Å². The van der Waals surface area contributed by atoms with Crippen LogP contribution in [0.1, 0.15) is 0 Å². The van der Waals surface area contributed by atoms with Gasteiger partial charge in [-0.3, -0.25) is 15.1 Å². The van der Waals surface area contributed by atoms with E-state index in [1.54, 1.807) is 24.5 Å². The van der Waals surface area contributed by atoms with Gasteiger partial charge >= 0.3 is 0 Å². The summed E-state index contributed by atoms with van der Waals surface area (Å²) in [4.78, 5) is 19.0. The van der Waals surface area contributed by atoms with Gasteiger partial charge in [-0.05, 0) is 18.2 Å². The van der Waals surface area contributed by atoms with Gasteiger partial charge in [-0.1, -0.05) is 0 Å². The van der Waals surface area contributed by atoms with E-state index in [1.807, 2.05) is 11.6 Å². The van der Waals surface area contributed by atoms with Crippen LogP contribution in [0, 0.1) is 10.1 Å². The summed E-state index contributed by atoms with van der Waals surface area (Å²) in [6.07, 6.45) is 3.36. The van der Waals surface area contributed by atoms with Gasteiger partial charge in [-0.2, -0.15) is 0 Å². The van der Waals surface area contributed by atoms with Crippen LogP contribution in [0.2, 0.25) is 0 Å². The van der Waals surface area contributed by atoms with Crippen molar-refractivity contribution in [2.45, 2.75) is 0 Å². The molecule has 20 heavy (non-hydrogen) atoms. The normalized spacial score (nSPS) is 10.8. The molecule has 1 aromatic carbocycles. The molecule has 100 valence electrons. The number of aryl methyl sites for hydroxylation is 1. The number of nitrogens with zero attached hydrogens (tertiary/aromatic N) is 4. The Labute approximate surface area is 113 Å². The number of nitro groups is 1. The lowest BCUT2D eigenvalue weighted by atomic mass is 10.1. The van der Waals surface area contributed by atoms with Crippen molar-refractivity contribution in [2.24, 2.45) is 7.05 Å². The maximum absolute atomic E-state index is 11.0. The van der Waals surface area contributed by atoms with Crippen LogP contribution >= 0.6 is 0 Å². The first-order chi connectivity index (χ1) is 9.58. The summed E-state index contributed by atoms with van der Waals surface area (Å²) in [6, 6.07) is 6.47. The van der Waals surface area contributed by atoms with Crippen LogP contribution in [0.25, 0.3) is 22.4 Å². The van der Waals surface area contributed by atoms with Gasteiger partial charge in [-0.15, -0.1) is 0 Å². The van der Waals surface area contributed by atoms with E-state index in [-0.39, 0.29) is 11.4 Å². The van der Waals surface area contributed by atoms with Crippen molar-refractivity contribution in [1.29, 1.82) is 0 Å². The molecular weight excluding hydrogens is 258 g/mol. The van der Waals surface area contributed by atoms with Crippen molar-refractivity contribution in [1.82, 2.24) is 14.5 Å². The Morgan fingerprint density at radius 1 is 1.35 bits per heavy atom. The van der Waals surface area contributed by atoms with Crippen molar-refractivity contribution in [3.8, 4) is 11.4 Å². The van der Waals surface area contributed by atoms with Gasteiger partial charge < -0.3 is 10.3 Å². The average Bonchev–Trinajstić information content (AvgIpc) is 2.77. The molecule has 0 saturated carbocycles. The molecule has 0 radical (unpaired) electrons. The zero-order valence-corrected chi connectivity index (χ0v) is 10.6. The van der Waals surface area contributed by atoms with E-state index in [1.165, 1.54) is 12.1 Å². The Kier molecular flexibility index (Phi) is 2.60. The molecule has 0 atom stereocenters. The molecule has 0 amide bonds. The number of nitrogens with two attached hydrogens (primary N) is 1. The lowest BCUT2D eigenvalue weighted by Crippen LogP contribution is -1.98. The number of nitro benzene ring substituents is 1. The predicted molar refractivity (Wildman–Crippen MR) is 75.0 cm³/mol. The van der Waals surface area contributed by atoms with E-state index in [4.69, 9.17) is 5.73 Å². The number of imidazole rings is 1. The second-order valence-corrected chi connectivity index (χ2v) is 4.39. The number of rotatable bonds is 2. The Bertz CT molecular complexity index is 825. The number of anilines is 1. The second kappa shape index (κ2) is 4.30. The summed E-state index contributed by atoms with van der Waals surface area (Å²) < 4.78 is 1.84. The molecule has 0 bridgehead atoms. The third-order valence-corrected chi connectivity index (χ3v) is 3.17. The van der Waals surface area contributed by atoms with E-state index in [9.17, 15) is 10.1 Å². The third-order valence-electron chi connectivity index (χ3n) is 3.17. The summed E-state index contributed by atoms with van der Waals surface area (Å²) in [7, 11) is 1.84. The first-order valence-electron chi connectivity index (χ1n) is 5.88. The zero-order chi connectivity index (χ0) is 14.3. The first-order valence-corrected chi connectivity index (χ1v) is 5.88. The lowest BCUT2D eigenvalue weighted by Gasteiger charge is -2.03. The van der Waals surface area contributed by atoms with Crippen LogP contribution in [0.4, 0.5) is 11.4 Å². The molecule has 7 heteroatoms. The Hall–Kier alpha value is -2.96. The highest BCUT2D eigenvalue weighted by molar-refractivity contribution is 5.80. The molecule has 3 aromatic rings. The number of hydrogen-bond acceptors (Lipinski definition) is 5. The fourth-order valence-electron chi connectivity index (χ4n) is 2.13. The zero-order valence-electron chi connectivity index (χ0n) is 10.6. The number of nitrogen functional groups attached to an aromatic ring is 1. The molecule has 2 aromatic heterocycles. The highest BCUT2D eigenvalue weighted by Crippen LogP contribution is 2.29. The largest absolute Gasteiger partial charge is 0.393 e. The van der Waals surface area contributed by atoms with E-state index in [0.29, 0.717) is 11.4 Å². The highest BCUT2D eigenvalue weighted by Gasteiger charge is 2.16. The van der Waals surface area contributed by atoms with E-state index in [2.05, 4.69) is 9.97 Å². The van der Waals surface area contributed by atoms with Crippen molar-refractivity contribution in [3.63, 3.8) is 0 Å². The highest BCUT2D eigenvalue weighted by atomic mass is 16.6. The van der Waals surface area contributed by atoms with Gasteiger partial charge in [0, 0.05) is 24.9 Å². The fourth-order valence-corrected chi connectivity index (χ4v) is 2.13. The van der Waals surface area contributed by atoms with Crippen molar-refractivity contribution >= 4 is 22.4 Å². The molecule has 0 aliphatic rings. The van der Waals surface area contributed by atoms with Crippen LogP contribution in [0.15, 0.2) is 36.7 Å². The standard InChI is InChI=1S/C13H11N5O2/c1-17-12-7-15-5-4-10(12)16-13(17)8-2-3-9(14)11(6-8)18(19)20/h2-7H,14H2,1H3. The molecule has 7 nitrogen and oxygen atoms in total. The Morgan fingerprint density at radius 2 is 2.15 bits per heavy atom. The minimum atomic E-state index is -0.497. The molecule has 0 aliphatic heterocycles. The maximum Gasteiger partial charge on any atom is 0.292 e. The number of fused-ring (bicyclic) bond motifs is 1. The molecule has 0 unspecified atom stereocenters. The lowest BCUT2D eigenvalue weighted by molar-refractivity contribution is -0.383. The Morgan fingerprint density at radius 3 is 2.85 bits per heavy atom. The molecule has 0 fully saturated rings. The summed E-state index contributed by atoms with van der Waals surface area (Å²) >= 11 is 0. The monoisotopic (exact) mass is 269 g/mol. The topological polar surface area (TPSA) is 99.9 Å². The van der Waals surface area contributed by atoms with Crippen LogP contribution in [0.3, 0.4) is 0 Å². The summed E-state index contributed by atoms with van der Waals surface area (Å²) in [6.45, 7) is 0. The van der Waals surface area contributed by atoms with Crippen molar-refractivity contribution in [2.75, 3.05) is 5.73 Å². The number of aromatic nitrogens is 3. The second-order valence-electron chi connectivity index (χ2n) is 4.39. The minimum absolute atomic E-state index is 0.118. The van der Waals surface area contributed by atoms with Gasteiger partial charge in [0.25, 0.3) is 5.69 Å². The molecular formula is C13H11N5O2. The molecule has 3 rings (SSSR count). The third kappa shape index (κ3) is 1.76. The number of hydrogen-bond donors (Lipinski definition) is 1. The maximum atomic E-state index is 11.0. The molecule has 2 heterocycles. The fraction of sp³-hybridized carbons (Fsp3) is 0.0769. The summed E-state index contributed by atoms with van der Waals surface area (Å²) in [5.74, 6) is 0.635. The predicted octanol–water partition coefficient (Wildman–Crippen LogP) is 2.13. The first kappa shape index (κ1) is 12.1. The van der Waals surface area contributed by atoms with Crippen molar-refractivity contribution < 1.29 is 4.92 Å². The molecule has 2 N–H and O–H groups in total. The van der Waals surface area contributed by atoms with Gasteiger partial charge in [0.1, 0.15) is 11.5 Å². The van der Waals surface area contributed by atoms with Crippen LogP contribution in [-0.4, -0.2) is 19.5 Å².